The summed E-state index contributed by atoms with van der Waals surface area (Å²) in [4.78, 5) is 33.5. The minimum absolute atomic E-state index is 0.0433. The van der Waals surface area contributed by atoms with E-state index in [2.05, 4.69) is 11.1 Å². The Kier molecular flexibility index (Phi) is 6.25. The molecule has 0 bridgehead atoms. The Bertz CT molecular complexity index is 919. The fourth-order valence-corrected chi connectivity index (χ4v) is 4.94. The largest absolute Gasteiger partial charge is 0.487 e. The first-order valence-corrected chi connectivity index (χ1v) is 11.3. The fraction of sp³-hybridized carbons (Fsp3) is 0.480. The van der Waals surface area contributed by atoms with E-state index >= 15 is 0 Å². The minimum atomic E-state index is -0.322. The number of amides is 2. The van der Waals surface area contributed by atoms with Crippen molar-refractivity contribution in [1.29, 1.82) is 0 Å². The van der Waals surface area contributed by atoms with Crippen LogP contribution in [0.5, 0.6) is 5.75 Å². The van der Waals surface area contributed by atoms with Crippen molar-refractivity contribution in [3.63, 3.8) is 0 Å². The lowest BCUT2D eigenvalue weighted by atomic mass is 9.76. The van der Waals surface area contributed by atoms with Gasteiger partial charge >= 0.3 is 0 Å². The number of hydrogen-bond donors (Lipinski definition) is 0. The van der Waals surface area contributed by atoms with E-state index in [1.54, 1.807) is 24.5 Å². The first kappa shape index (κ1) is 21.3. The number of carbonyl (C=O) groups excluding carboxylic acids is 2. The third-order valence-electron chi connectivity index (χ3n) is 6.73. The summed E-state index contributed by atoms with van der Waals surface area (Å²) in [6, 6.07) is 11.6. The summed E-state index contributed by atoms with van der Waals surface area (Å²) in [6.45, 7) is 6.82. The van der Waals surface area contributed by atoms with Gasteiger partial charge in [0.2, 0.25) is 5.91 Å². The number of piperidine rings is 1. The molecule has 6 nitrogen and oxygen atoms in total. The first-order valence-electron chi connectivity index (χ1n) is 11.3. The van der Waals surface area contributed by atoms with Gasteiger partial charge in [-0.3, -0.25) is 14.6 Å². The monoisotopic (exact) mass is 421 g/mol. The zero-order valence-corrected chi connectivity index (χ0v) is 18.4. The molecule has 2 amide bonds. The Morgan fingerprint density at radius 1 is 1.10 bits per heavy atom. The maximum atomic E-state index is 12.9. The number of ether oxygens (including phenoxy) is 1. The molecule has 1 saturated heterocycles. The van der Waals surface area contributed by atoms with Gasteiger partial charge in [-0.1, -0.05) is 18.2 Å². The van der Waals surface area contributed by atoms with Gasteiger partial charge in [0.15, 0.2) is 0 Å². The van der Waals surface area contributed by atoms with Crippen LogP contribution in [0.3, 0.4) is 0 Å². The Balaban J connectivity index is 1.50. The molecule has 0 radical (unpaired) electrons. The molecule has 164 valence electrons. The summed E-state index contributed by atoms with van der Waals surface area (Å²) >= 11 is 0. The number of benzene rings is 1. The van der Waals surface area contributed by atoms with Gasteiger partial charge in [0.05, 0.1) is 0 Å². The molecule has 0 unspecified atom stereocenters. The zero-order valence-electron chi connectivity index (χ0n) is 18.4. The molecule has 1 spiro atoms. The lowest BCUT2D eigenvalue weighted by Gasteiger charge is -2.47. The molecular weight excluding hydrogens is 390 g/mol. The summed E-state index contributed by atoms with van der Waals surface area (Å²) < 4.78 is 6.55. The third kappa shape index (κ3) is 4.43. The molecule has 1 fully saturated rings. The molecule has 3 heterocycles. The second-order valence-corrected chi connectivity index (χ2v) is 8.52. The molecule has 1 aromatic heterocycles. The number of hydrogen-bond acceptors (Lipinski definition) is 4. The van der Waals surface area contributed by atoms with E-state index in [-0.39, 0.29) is 23.3 Å². The van der Waals surface area contributed by atoms with Crippen LogP contribution in [0.15, 0.2) is 48.8 Å². The molecule has 1 aromatic carbocycles. The Labute approximate surface area is 184 Å². The van der Waals surface area contributed by atoms with Crippen molar-refractivity contribution in [2.75, 3.05) is 26.2 Å². The molecule has 6 heteroatoms. The molecule has 1 atom stereocenters. The summed E-state index contributed by atoms with van der Waals surface area (Å²) in [5.74, 6) is 1.27. The third-order valence-corrected chi connectivity index (χ3v) is 6.73. The van der Waals surface area contributed by atoms with Crippen LogP contribution in [0.2, 0.25) is 0 Å². The van der Waals surface area contributed by atoms with Gasteiger partial charge < -0.3 is 14.5 Å². The van der Waals surface area contributed by atoms with Crippen molar-refractivity contribution in [3.05, 3.63) is 59.9 Å². The number of fused-ring (bicyclic) bond motifs is 1. The van der Waals surface area contributed by atoms with Crippen LogP contribution < -0.4 is 4.74 Å². The molecule has 2 aliphatic rings. The van der Waals surface area contributed by atoms with Crippen LogP contribution in [0.1, 0.15) is 61.4 Å². The van der Waals surface area contributed by atoms with Crippen molar-refractivity contribution >= 4 is 11.8 Å². The van der Waals surface area contributed by atoms with Crippen molar-refractivity contribution in [1.82, 2.24) is 14.8 Å². The molecule has 0 saturated carbocycles. The van der Waals surface area contributed by atoms with Crippen molar-refractivity contribution in [2.24, 2.45) is 0 Å². The summed E-state index contributed by atoms with van der Waals surface area (Å²) in [6.07, 6.45) is 6.16. The van der Waals surface area contributed by atoms with E-state index in [1.807, 2.05) is 41.8 Å². The number of pyridine rings is 1. The van der Waals surface area contributed by atoms with Gasteiger partial charge in [0.1, 0.15) is 11.4 Å². The van der Waals surface area contributed by atoms with Gasteiger partial charge in [-0.2, -0.15) is 0 Å². The van der Waals surface area contributed by atoms with Gasteiger partial charge in [-0.15, -0.1) is 0 Å². The molecule has 0 aliphatic carbocycles. The molecule has 31 heavy (non-hydrogen) atoms. The highest BCUT2D eigenvalue weighted by atomic mass is 16.5. The smallest absolute Gasteiger partial charge is 0.253 e. The number of aromatic nitrogens is 1. The second kappa shape index (κ2) is 9.08. The standard InChI is InChI=1S/C25H31N3O3/c1-3-27(4-2)23(29)17-20-18-25(31-22-8-6-5-7-21(20)22)11-15-28(16-12-25)24(30)19-9-13-26-14-10-19/h5-10,13-14,20H,3-4,11-12,15-18H2,1-2H3/t20-/m0/s1. The molecule has 2 aromatic rings. The SMILES string of the molecule is CCN(CC)C(=O)C[C@H]1CC2(CCN(C(=O)c3ccncc3)CC2)Oc2ccccc21. The first-order chi connectivity index (χ1) is 15.0. The van der Waals surface area contributed by atoms with Gasteiger partial charge in [-0.05, 0) is 44.0 Å². The lowest BCUT2D eigenvalue weighted by Crippen LogP contribution is -2.52. The number of rotatable bonds is 5. The number of carbonyl (C=O) groups is 2. The number of para-hydroxylation sites is 1. The minimum Gasteiger partial charge on any atom is -0.487 e. The van der Waals surface area contributed by atoms with E-state index in [9.17, 15) is 9.59 Å². The summed E-state index contributed by atoms with van der Waals surface area (Å²) in [5, 5.41) is 0. The Hall–Kier alpha value is -2.89. The lowest BCUT2D eigenvalue weighted by molar-refractivity contribution is -0.131. The predicted molar refractivity (Wildman–Crippen MR) is 119 cm³/mol. The average molecular weight is 422 g/mol. The van der Waals surface area contributed by atoms with Gasteiger partial charge in [-0.25, -0.2) is 0 Å². The number of likely N-dealkylation sites (tertiary alicyclic amines) is 1. The second-order valence-electron chi connectivity index (χ2n) is 8.52. The molecular formula is C25H31N3O3. The Morgan fingerprint density at radius 3 is 2.45 bits per heavy atom. The highest BCUT2D eigenvalue weighted by molar-refractivity contribution is 5.94. The van der Waals surface area contributed by atoms with E-state index in [4.69, 9.17) is 4.74 Å². The van der Waals surface area contributed by atoms with Crippen LogP contribution in [0.25, 0.3) is 0 Å². The van der Waals surface area contributed by atoms with E-state index in [1.165, 1.54) is 0 Å². The molecule has 2 aliphatic heterocycles. The van der Waals surface area contributed by atoms with Crippen LogP contribution in [-0.2, 0) is 4.79 Å². The molecule has 4 rings (SSSR count). The average Bonchev–Trinajstić information content (AvgIpc) is 2.80. The summed E-state index contributed by atoms with van der Waals surface area (Å²) in [7, 11) is 0. The zero-order chi connectivity index (χ0) is 21.8. The fourth-order valence-electron chi connectivity index (χ4n) is 4.94. The van der Waals surface area contributed by atoms with Crippen LogP contribution >= 0.6 is 0 Å². The van der Waals surface area contributed by atoms with E-state index in [0.717, 1.165) is 43.7 Å². The summed E-state index contributed by atoms with van der Waals surface area (Å²) in [5.41, 5.74) is 1.48. The maximum Gasteiger partial charge on any atom is 0.253 e. The van der Waals surface area contributed by atoms with Crippen LogP contribution in [0, 0.1) is 0 Å². The maximum absolute atomic E-state index is 12.9. The van der Waals surface area contributed by atoms with Crippen molar-refractivity contribution < 1.29 is 14.3 Å². The van der Waals surface area contributed by atoms with Gasteiger partial charge in [0, 0.05) is 69.3 Å². The van der Waals surface area contributed by atoms with E-state index < -0.39 is 0 Å². The van der Waals surface area contributed by atoms with Gasteiger partial charge in [0.25, 0.3) is 5.91 Å². The normalized spacial score (nSPS) is 19.4. The highest BCUT2D eigenvalue weighted by Crippen LogP contribution is 2.46. The highest BCUT2D eigenvalue weighted by Gasteiger charge is 2.44. The molecule has 0 N–H and O–H groups in total. The topological polar surface area (TPSA) is 62.7 Å². The predicted octanol–water partition coefficient (Wildman–Crippen LogP) is 3.88. The van der Waals surface area contributed by atoms with E-state index in [0.29, 0.717) is 25.1 Å². The van der Waals surface area contributed by atoms with Crippen molar-refractivity contribution in [3.8, 4) is 5.75 Å². The Morgan fingerprint density at radius 2 is 1.77 bits per heavy atom. The quantitative estimate of drug-likeness (QED) is 0.735. The number of nitrogens with zero attached hydrogens (tertiary/aromatic N) is 3. The van der Waals surface area contributed by atoms with Crippen LogP contribution in [0.4, 0.5) is 0 Å². The van der Waals surface area contributed by atoms with Crippen LogP contribution in [-0.4, -0.2) is 58.4 Å². The van der Waals surface area contributed by atoms with Crippen molar-refractivity contribution in [2.45, 2.75) is 51.0 Å².